The topological polar surface area (TPSA) is 59.2 Å². The van der Waals surface area contributed by atoms with Gasteiger partial charge in [0.15, 0.2) is 0 Å². The lowest BCUT2D eigenvalue weighted by Crippen LogP contribution is -2.45. The Bertz CT molecular complexity index is 378. The summed E-state index contributed by atoms with van der Waals surface area (Å²) in [6, 6.07) is -0.412. The maximum atomic E-state index is 12.0. The first-order chi connectivity index (χ1) is 7.95. The molecule has 1 heterocycles. The van der Waals surface area contributed by atoms with Crippen LogP contribution in [0.15, 0.2) is 5.38 Å². The van der Waals surface area contributed by atoms with Gasteiger partial charge in [0.25, 0.3) is 0 Å². The number of hydrogen-bond acceptors (Lipinski definition) is 4. The van der Waals surface area contributed by atoms with Gasteiger partial charge in [-0.05, 0) is 12.8 Å². The lowest BCUT2D eigenvalue weighted by Gasteiger charge is -2.24. The van der Waals surface area contributed by atoms with Crippen molar-refractivity contribution in [2.45, 2.75) is 39.8 Å². The average molecular weight is 255 g/mol. The van der Waals surface area contributed by atoms with Gasteiger partial charge in [-0.15, -0.1) is 11.3 Å². The molecule has 0 bridgehead atoms. The summed E-state index contributed by atoms with van der Waals surface area (Å²) in [5.74, 6) is 0.201. The van der Waals surface area contributed by atoms with Crippen LogP contribution in [-0.2, 0) is 11.3 Å². The van der Waals surface area contributed by atoms with Crippen LogP contribution < -0.4 is 5.73 Å². The van der Waals surface area contributed by atoms with Crippen molar-refractivity contribution in [1.29, 1.82) is 0 Å². The summed E-state index contributed by atoms with van der Waals surface area (Å²) in [4.78, 5) is 18.0. The molecule has 4 nitrogen and oxygen atoms in total. The van der Waals surface area contributed by atoms with Gasteiger partial charge in [0.2, 0.25) is 5.91 Å². The van der Waals surface area contributed by atoms with Gasteiger partial charge < -0.3 is 10.6 Å². The summed E-state index contributed by atoms with van der Waals surface area (Å²) in [5, 5.41) is 3.00. The normalized spacial score (nSPS) is 14.4. The van der Waals surface area contributed by atoms with Crippen LogP contribution in [0.1, 0.15) is 31.0 Å². The molecule has 0 spiro atoms. The van der Waals surface area contributed by atoms with Crippen LogP contribution >= 0.6 is 11.3 Å². The van der Waals surface area contributed by atoms with Crippen molar-refractivity contribution in [3.05, 3.63) is 16.1 Å². The molecule has 0 aliphatic carbocycles. The Hall–Kier alpha value is -0.940. The number of nitrogens with two attached hydrogens (primary N) is 1. The van der Waals surface area contributed by atoms with E-state index >= 15 is 0 Å². The van der Waals surface area contributed by atoms with Gasteiger partial charge in [0.05, 0.1) is 23.3 Å². The quantitative estimate of drug-likeness (QED) is 0.872. The highest BCUT2D eigenvalue weighted by atomic mass is 32.1. The zero-order valence-corrected chi connectivity index (χ0v) is 11.8. The third-order valence-corrected chi connectivity index (χ3v) is 3.81. The Labute approximate surface area is 107 Å². The number of aromatic nitrogens is 1. The fourth-order valence-electron chi connectivity index (χ4n) is 1.55. The van der Waals surface area contributed by atoms with Crippen molar-refractivity contribution in [2.75, 3.05) is 7.05 Å². The third-order valence-electron chi connectivity index (χ3n) is 2.98. The summed E-state index contributed by atoms with van der Waals surface area (Å²) in [6.07, 6.45) is 0.913. The standard InChI is InChI=1S/C12H21N3OS/c1-5-8(2)11(13)12(16)15(4)6-10-7-17-9(3)14-10/h7-8,11H,5-6,13H2,1-4H3. The molecule has 1 aromatic heterocycles. The van der Waals surface area contributed by atoms with Crippen molar-refractivity contribution >= 4 is 17.2 Å². The lowest BCUT2D eigenvalue weighted by molar-refractivity contribution is -0.133. The maximum absolute atomic E-state index is 12.0. The van der Waals surface area contributed by atoms with Crippen LogP contribution in [0.3, 0.4) is 0 Å². The highest BCUT2D eigenvalue weighted by molar-refractivity contribution is 7.09. The lowest BCUT2D eigenvalue weighted by atomic mass is 9.99. The average Bonchev–Trinajstić information content (AvgIpc) is 2.71. The molecule has 1 aromatic rings. The predicted molar refractivity (Wildman–Crippen MR) is 70.8 cm³/mol. The molecule has 0 aliphatic rings. The molecular weight excluding hydrogens is 234 g/mol. The van der Waals surface area contributed by atoms with Gasteiger partial charge in [0, 0.05) is 12.4 Å². The second kappa shape index (κ2) is 6.12. The van der Waals surface area contributed by atoms with E-state index in [1.54, 1.807) is 23.3 Å². The molecule has 2 atom stereocenters. The monoisotopic (exact) mass is 255 g/mol. The highest BCUT2D eigenvalue weighted by Crippen LogP contribution is 2.12. The van der Waals surface area contributed by atoms with E-state index in [1.165, 1.54) is 0 Å². The number of rotatable bonds is 5. The molecule has 0 aliphatic heterocycles. The highest BCUT2D eigenvalue weighted by Gasteiger charge is 2.23. The summed E-state index contributed by atoms with van der Waals surface area (Å²) in [5.41, 5.74) is 6.85. The molecule has 0 saturated carbocycles. The second-order valence-electron chi connectivity index (χ2n) is 4.46. The molecule has 2 N–H and O–H groups in total. The fourth-order valence-corrected chi connectivity index (χ4v) is 2.16. The number of hydrogen-bond donors (Lipinski definition) is 1. The Morgan fingerprint density at radius 3 is 2.76 bits per heavy atom. The molecule has 1 amide bonds. The molecule has 0 fully saturated rings. The van der Waals surface area contributed by atoms with E-state index in [1.807, 2.05) is 26.2 Å². The van der Waals surface area contributed by atoms with E-state index in [-0.39, 0.29) is 11.8 Å². The zero-order chi connectivity index (χ0) is 13.0. The maximum Gasteiger partial charge on any atom is 0.239 e. The Morgan fingerprint density at radius 2 is 2.29 bits per heavy atom. The number of carbonyl (C=O) groups is 1. The van der Waals surface area contributed by atoms with Crippen molar-refractivity contribution in [3.63, 3.8) is 0 Å². The number of nitrogens with zero attached hydrogens (tertiary/aromatic N) is 2. The van der Waals surface area contributed by atoms with Gasteiger partial charge in [-0.3, -0.25) is 4.79 Å². The molecule has 5 heteroatoms. The smallest absolute Gasteiger partial charge is 0.239 e. The minimum Gasteiger partial charge on any atom is -0.338 e. The molecule has 0 saturated heterocycles. The number of likely N-dealkylation sites (N-methyl/N-ethyl adjacent to an activating group) is 1. The summed E-state index contributed by atoms with van der Waals surface area (Å²) in [7, 11) is 1.78. The minimum atomic E-state index is -0.412. The van der Waals surface area contributed by atoms with Crippen LogP contribution in [0, 0.1) is 12.8 Å². The SMILES string of the molecule is CCC(C)C(N)C(=O)N(C)Cc1csc(C)n1. The van der Waals surface area contributed by atoms with E-state index < -0.39 is 6.04 Å². The predicted octanol–water partition coefficient (Wildman–Crippen LogP) is 1.78. The van der Waals surface area contributed by atoms with Crippen molar-refractivity contribution in [2.24, 2.45) is 11.7 Å². The summed E-state index contributed by atoms with van der Waals surface area (Å²) < 4.78 is 0. The van der Waals surface area contributed by atoms with Gasteiger partial charge >= 0.3 is 0 Å². The zero-order valence-electron chi connectivity index (χ0n) is 10.9. The van der Waals surface area contributed by atoms with Gasteiger partial charge in [-0.1, -0.05) is 20.3 Å². The number of aryl methyl sites for hydroxylation is 1. The summed E-state index contributed by atoms with van der Waals surface area (Å²) >= 11 is 1.60. The Morgan fingerprint density at radius 1 is 1.65 bits per heavy atom. The second-order valence-corrected chi connectivity index (χ2v) is 5.53. The molecule has 0 aromatic carbocycles. The van der Waals surface area contributed by atoms with Crippen molar-refractivity contribution in [1.82, 2.24) is 9.88 Å². The van der Waals surface area contributed by atoms with Crippen molar-refractivity contribution in [3.8, 4) is 0 Å². The third kappa shape index (κ3) is 3.78. The first-order valence-corrected chi connectivity index (χ1v) is 6.75. The Balaban J connectivity index is 2.58. The van der Waals surface area contributed by atoms with Gasteiger partial charge in [0.1, 0.15) is 0 Å². The van der Waals surface area contributed by atoms with Crippen molar-refractivity contribution < 1.29 is 4.79 Å². The number of thiazole rings is 1. The van der Waals surface area contributed by atoms with E-state index in [2.05, 4.69) is 4.98 Å². The molecule has 1 rings (SSSR count). The van der Waals surface area contributed by atoms with Gasteiger partial charge in [-0.2, -0.15) is 0 Å². The van der Waals surface area contributed by atoms with E-state index in [4.69, 9.17) is 5.73 Å². The first kappa shape index (κ1) is 14.1. The number of amides is 1. The molecule has 96 valence electrons. The van der Waals surface area contributed by atoms with E-state index in [9.17, 15) is 4.79 Å². The fraction of sp³-hybridized carbons (Fsp3) is 0.667. The Kier molecular flexibility index (Phi) is 5.08. The largest absolute Gasteiger partial charge is 0.338 e. The molecule has 17 heavy (non-hydrogen) atoms. The van der Waals surface area contributed by atoms with Crippen LogP contribution in [0.2, 0.25) is 0 Å². The molecule has 0 radical (unpaired) electrons. The van der Waals surface area contributed by atoms with Crippen LogP contribution in [0.5, 0.6) is 0 Å². The number of carbonyl (C=O) groups excluding carboxylic acids is 1. The van der Waals surface area contributed by atoms with Crippen LogP contribution in [0.4, 0.5) is 0 Å². The van der Waals surface area contributed by atoms with E-state index in [0.29, 0.717) is 6.54 Å². The van der Waals surface area contributed by atoms with Gasteiger partial charge in [-0.25, -0.2) is 4.98 Å². The first-order valence-electron chi connectivity index (χ1n) is 5.87. The summed E-state index contributed by atoms with van der Waals surface area (Å²) in [6.45, 7) is 6.54. The van der Waals surface area contributed by atoms with Crippen LogP contribution in [0.25, 0.3) is 0 Å². The van der Waals surface area contributed by atoms with Crippen LogP contribution in [-0.4, -0.2) is 28.9 Å². The molecule has 2 unspecified atom stereocenters. The van der Waals surface area contributed by atoms with E-state index in [0.717, 1.165) is 17.1 Å². The minimum absolute atomic E-state index is 0.00926. The molecular formula is C12H21N3OS.